The van der Waals surface area contributed by atoms with Crippen LogP contribution in [0.2, 0.25) is 0 Å². The Labute approximate surface area is 135 Å². The monoisotopic (exact) mass is 309 g/mol. The van der Waals surface area contributed by atoms with Crippen molar-refractivity contribution >= 4 is 5.91 Å². The van der Waals surface area contributed by atoms with Crippen LogP contribution in [0.3, 0.4) is 0 Å². The summed E-state index contributed by atoms with van der Waals surface area (Å²) < 4.78 is 6.12. The standard InChI is InChI=1S/C19H19NO3/c21-17-11-12-19(15-9-5-2-6-10-15)20(17)16(13-23-19)18(22)14-7-3-1-4-8-14/h1-10,16,18,22H,11-13H2/t16?,18-,19?/m0/s1. The van der Waals surface area contributed by atoms with E-state index in [2.05, 4.69) is 0 Å². The molecule has 2 fully saturated rings. The number of benzene rings is 2. The second-order valence-corrected chi connectivity index (χ2v) is 6.15. The van der Waals surface area contributed by atoms with E-state index in [1.54, 1.807) is 4.90 Å². The van der Waals surface area contributed by atoms with Gasteiger partial charge in [-0.15, -0.1) is 0 Å². The molecule has 2 aromatic rings. The van der Waals surface area contributed by atoms with E-state index >= 15 is 0 Å². The molecule has 1 amide bonds. The molecule has 2 aliphatic heterocycles. The Bertz CT molecular complexity index is 703. The molecular weight excluding hydrogens is 290 g/mol. The molecule has 2 aromatic carbocycles. The third-order valence-electron chi connectivity index (χ3n) is 4.89. The lowest BCUT2D eigenvalue weighted by molar-refractivity contribution is -0.142. The van der Waals surface area contributed by atoms with Gasteiger partial charge in [-0.25, -0.2) is 0 Å². The molecule has 0 aromatic heterocycles. The van der Waals surface area contributed by atoms with Gasteiger partial charge in [-0.05, 0) is 5.56 Å². The van der Waals surface area contributed by atoms with Gasteiger partial charge in [-0.1, -0.05) is 60.7 Å². The van der Waals surface area contributed by atoms with Crippen molar-refractivity contribution in [1.82, 2.24) is 4.90 Å². The first-order valence-corrected chi connectivity index (χ1v) is 7.97. The van der Waals surface area contributed by atoms with Crippen LogP contribution in [0.1, 0.15) is 30.1 Å². The van der Waals surface area contributed by atoms with Crippen molar-refractivity contribution in [2.24, 2.45) is 0 Å². The summed E-state index contributed by atoms with van der Waals surface area (Å²) in [5.74, 6) is 0.0475. The predicted molar refractivity (Wildman–Crippen MR) is 85.3 cm³/mol. The Morgan fingerprint density at radius 2 is 1.74 bits per heavy atom. The zero-order chi connectivity index (χ0) is 15.9. The number of aliphatic hydroxyl groups is 1. The molecule has 0 radical (unpaired) electrons. The molecule has 4 rings (SSSR count). The quantitative estimate of drug-likeness (QED) is 0.948. The first kappa shape index (κ1) is 14.4. The van der Waals surface area contributed by atoms with E-state index in [0.29, 0.717) is 19.4 Å². The van der Waals surface area contributed by atoms with Crippen molar-refractivity contribution < 1.29 is 14.6 Å². The highest BCUT2D eigenvalue weighted by molar-refractivity contribution is 5.80. The third kappa shape index (κ3) is 2.18. The summed E-state index contributed by atoms with van der Waals surface area (Å²) in [7, 11) is 0. The van der Waals surface area contributed by atoms with Crippen molar-refractivity contribution in [2.45, 2.75) is 30.7 Å². The highest BCUT2D eigenvalue weighted by Gasteiger charge is 2.57. The van der Waals surface area contributed by atoms with E-state index in [1.165, 1.54) is 0 Å². The summed E-state index contributed by atoms with van der Waals surface area (Å²) in [5.41, 5.74) is 1.07. The third-order valence-corrected chi connectivity index (χ3v) is 4.89. The molecule has 4 nitrogen and oxygen atoms in total. The molecule has 118 valence electrons. The van der Waals surface area contributed by atoms with Gasteiger partial charge in [-0.2, -0.15) is 0 Å². The number of nitrogens with zero attached hydrogens (tertiary/aromatic N) is 1. The maximum absolute atomic E-state index is 12.5. The molecule has 2 heterocycles. The van der Waals surface area contributed by atoms with Crippen LogP contribution in [-0.4, -0.2) is 28.6 Å². The Morgan fingerprint density at radius 3 is 2.43 bits per heavy atom. The summed E-state index contributed by atoms with van der Waals surface area (Å²) in [4.78, 5) is 14.3. The lowest BCUT2D eigenvalue weighted by Gasteiger charge is -2.35. The molecule has 0 saturated carbocycles. The minimum absolute atomic E-state index is 0.0475. The van der Waals surface area contributed by atoms with Crippen LogP contribution >= 0.6 is 0 Å². The molecule has 0 spiro atoms. The maximum atomic E-state index is 12.5. The summed E-state index contributed by atoms with van der Waals surface area (Å²) in [6, 6.07) is 18.9. The normalized spacial score (nSPS) is 28.0. The van der Waals surface area contributed by atoms with Crippen LogP contribution in [0.15, 0.2) is 60.7 Å². The lowest BCUT2D eigenvalue weighted by Crippen LogP contribution is -2.45. The minimum Gasteiger partial charge on any atom is -0.386 e. The van der Waals surface area contributed by atoms with E-state index in [0.717, 1.165) is 11.1 Å². The second kappa shape index (κ2) is 5.48. The van der Waals surface area contributed by atoms with E-state index in [9.17, 15) is 9.90 Å². The largest absolute Gasteiger partial charge is 0.386 e. The van der Waals surface area contributed by atoms with E-state index in [4.69, 9.17) is 4.74 Å². The zero-order valence-electron chi connectivity index (χ0n) is 12.8. The Balaban J connectivity index is 1.71. The molecule has 4 heteroatoms. The van der Waals surface area contributed by atoms with Crippen molar-refractivity contribution in [2.75, 3.05) is 6.61 Å². The van der Waals surface area contributed by atoms with Crippen molar-refractivity contribution in [1.29, 1.82) is 0 Å². The van der Waals surface area contributed by atoms with Crippen LogP contribution < -0.4 is 0 Å². The Hall–Kier alpha value is -2.17. The van der Waals surface area contributed by atoms with Crippen LogP contribution in [0.5, 0.6) is 0 Å². The number of hydrogen-bond acceptors (Lipinski definition) is 3. The summed E-state index contributed by atoms with van der Waals surface area (Å²) in [5, 5.41) is 10.8. The van der Waals surface area contributed by atoms with Crippen molar-refractivity contribution in [3.63, 3.8) is 0 Å². The minimum atomic E-state index is -0.746. The van der Waals surface area contributed by atoms with E-state index in [-0.39, 0.29) is 11.9 Å². The molecule has 2 saturated heterocycles. The molecule has 0 aliphatic carbocycles. The van der Waals surface area contributed by atoms with Gasteiger partial charge in [0.25, 0.3) is 0 Å². The van der Waals surface area contributed by atoms with Gasteiger partial charge in [-0.3, -0.25) is 4.79 Å². The fourth-order valence-electron chi connectivity index (χ4n) is 3.78. The van der Waals surface area contributed by atoms with Crippen molar-refractivity contribution in [3.8, 4) is 0 Å². The Morgan fingerprint density at radius 1 is 1.09 bits per heavy atom. The SMILES string of the molecule is O=C1CCC2(c3ccccc3)OCC([C@@H](O)c3ccccc3)N12. The zero-order valence-corrected chi connectivity index (χ0v) is 12.8. The van der Waals surface area contributed by atoms with E-state index in [1.807, 2.05) is 60.7 Å². The first-order valence-electron chi connectivity index (χ1n) is 7.97. The fourth-order valence-corrected chi connectivity index (χ4v) is 3.78. The number of fused-ring (bicyclic) bond motifs is 1. The van der Waals surface area contributed by atoms with Gasteiger partial charge in [0.2, 0.25) is 5.91 Å². The molecule has 3 atom stereocenters. The van der Waals surface area contributed by atoms with Gasteiger partial charge in [0.15, 0.2) is 5.72 Å². The number of ether oxygens (including phenoxy) is 1. The number of rotatable bonds is 3. The molecule has 0 bridgehead atoms. The smallest absolute Gasteiger partial charge is 0.225 e. The predicted octanol–water partition coefficient (Wildman–Crippen LogP) is 2.59. The highest BCUT2D eigenvalue weighted by atomic mass is 16.5. The summed E-state index contributed by atoms with van der Waals surface area (Å²) in [6.45, 7) is 0.344. The van der Waals surface area contributed by atoms with Gasteiger partial charge in [0.05, 0.1) is 12.6 Å². The molecule has 2 unspecified atom stereocenters. The molecule has 23 heavy (non-hydrogen) atoms. The van der Waals surface area contributed by atoms with Gasteiger partial charge >= 0.3 is 0 Å². The number of aliphatic hydroxyl groups excluding tert-OH is 1. The van der Waals surface area contributed by atoms with Gasteiger partial charge < -0.3 is 14.7 Å². The van der Waals surface area contributed by atoms with Crippen LogP contribution in [0.25, 0.3) is 0 Å². The highest BCUT2D eigenvalue weighted by Crippen LogP contribution is 2.48. The number of carbonyl (C=O) groups is 1. The molecule has 2 aliphatic rings. The van der Waals surface area contributed by atoms with E-state index < -0.39 is 11.8 Å². The molecule has 1 N–H and O–H groups in total. The van der Waals surface area contributed by atoms with Crippen LogP contribution in [0.4, 0.5) is 0 Å². The topological polar surface area (TPSA) is 49.8 Å². The lowest BCUT2D eigenvalue weighted by atomic mass is 9.98. The van der Waals surface area contributed by atoms with Gasteiger partial charge in [0, 0.05) is 18.4 Å². The number of amides is 1. The maximum Gasteiger partial charge on any atom is 0.225 e. The average molecular weight is 309 g/mol. The summed E-state index contributed by atoms with van der Waals surface area (Å²) in [6.07, 6.45) is 0.338. The fraction of sp³-hybridized carbons (Fsp3) is 0.316. The average Bonchev–Trinajstić information content (AvgIpc) is 3.15. The second-order valence-electron chi connectivity index (χ2n) is 6.15. The first-order chi connectivity index (χ1) is 11.2. The molecular formula is C19H19NO3. The number of hydrogen-bond donors (Lipinski definition) is 1. The Kier molecular flexibility index (Phi) is 3.43. The van der Waals surface area contributed by atoms with Crippen molar-refractivity contribution in [3.05, 3.63) is 71.8 Å². The van der Waals surface area contributed by atoms with Crippen LogP contribution in [0, 0.1) is 0 Å². The number of carbonyl (C=O) groups excluding carboxylic acids is 1. The van der Waals surface area contributed by atoms with Gasteiger partial charge in [0.1, 0.15) is 6.10 Å². The van der Waals surface area contributed by atoms with Crippen LogP contribution in [-0.2, 0) is 15.3 Å². The summed E-state index contributed by atoms with van der Waals surface area (Å²) >= 11 is 0.